The minimum atomic E-state index is -4.37. The lowest BCUT2D eigenvalue weighted by Gasteiger charge is -2.15. The lowest BCUT2D eigenvalue weighted by Crippen LogP contribution is -2.29. The Balaban J connectivity index is 1.81. The van der Waals surface area contributed by atoms with Crippen molar-refractivity contribution in [1.82, 2.24) is 4.90 Å². The Labute approximate surface area is 131 Å². The predicted octanol–water partition coefficient (Wildman–Crippen LogP) is 2.96. The van der Waals surface area contributed by atoms with Gasteiger partial charge in [-0.2, -0.15) is 13.2 Å². The molecule has 1 heterocycles. The lowest BCUT2D eigenvalue weighted by molar-refractivity contribution is -0.141. The molecule has 2 rings (SSSR count). The average Bonchev–Trinajstić information content (AvgIpc) is 2.97. The number of alkyl halides is 3. The van der Waals surface area contributed by atoms with Crippen molar-refractivity contribution in [3.05, 3.63) is 35.4 Å². The van der Waals surface area contributed by atoms with Gasteiger partial charge in [-0.1, -0.05) is 18.2 Å². The first-order chi connectivity index (χ1) is 10.8. The number of amides is 1. The Morgan fingerprint density at radius 1 is 1.30 bits per heavy atom. The highest BCUT2D eigenvalue weighted by Crippen LogP contribution is 2.29. The molecule has 0 saturated carbocycles. The van der Waals surface area contributed by atoms with E-state index in [4.69, 9.17) is 5.11 Å². The molecule has 1 aromatic carbocycles. The largest absolute Gasteiger partial charge is 0.481 e. The Bertz CT molecular complexity index is 586. The van der Waals surface area contributed by atoms with Crippen LogP contribution in [0.4, 0.5) is 13.2 Å². The van der Waals surface area contributed by atoms with E-state index in [1.807, 2.05) is 0 Å². The van der Waals surface area contributed by atoms with Crippen LogP contribution in [0.15, 0.2) is 24.3 Å². The zero-order chi connectivity index (χ0) is 17.0. The van der Waals surface area contributed by atoms with Crippen LogP contribution in [-0.2, 0) is 22.2 Å². The van der Waals surface area contributed by atoms with Crippen molar-refractivity contribution >= 4 is 11.9 Å². The second kappa shape index (κ2) is 7.02. The maximum Gasteiger partial charge on any atom is 0.416 e. The number of carbonyl (C=O) groups is 2. The molecule has 0 aliphatic carbocycles. The summed E-state index contributed by atoms with van der Waals surface area (Å²) in [5.74, 6) is -1.55. The molecule has 1 saturated heterocycles. The van der Waals surface area contributed by atoms with Crippen LogP contribution in [0.1, 0.15) is 30.4 Å². The number of carbonyl (C=O) groups excluding carboxylic acids is 1. The van der Waals surface area contributed by atoms with Gasteiger partial charge in [0.1, 0.15) is 0 Å². The first-order valence-electron chi connectivity index (χ1n) is 7.44. The number of carboxylic acid groups (broad SMARTS) is 1. The Morgan fingerprint density at radius 3 is 2.65 bits per heavy atom. The minimum Gasteiger partial charge on any atom is -0.481 e. The predicted molar refractivity (Wildman–Crippen MR) is 76.7 cm³/mol. The van der Waals surface area contributed by atoms with Gasteiger partial charge >= 0.3 is 12.1 Å². The summed E-state index contributed by atoms with van der Waals surface area (Å²) in [6.45, 7) is 0.650. The van der Waals surface area contributed by atoms with Gasteiger partial charge in [-0.3, -0.25) is 9.59 Å². The standard InChI is InChI=1S/C16H18F3NO3/c17-16(18,19)13-5-1-3-11(9-13)4-2-6-14(21)20-8-7-12(10-20)15(22)23/h1,3,5,9,12H,2,4,6-8,10H2,(H,22,23). The summed E-state index contributed by atoms with van der Waals surface area (Å²) in [6.07, 6.45) is -2.88. The maximum atomic E-state index is 12.6. The van der Waals surface area contributed by atoms with E-state index in [0.29, 0.717) is 31.4 Å². The highest BCUT2D eigenvalue weighted by molar-refractivity contribution is 5.78. The van der Waals surface area contributed by atoms with Crippen LogP contribution in [0.3, 0.4) is 0 Å². The molecule has 1 aromatic rings. The van der Waals surface area contributed by atoms with Crippen LogP contribution in [0.25, 0.3) is 0 Å². The van der Waals surface area contributed by atoms with E-state index in [9.17, 15) is 22.8 Å². The number of aryl methyl sites for hydroxylation is 1. The van der Waals surface area contributed by atoms with E-state index in [-0.39, 0.29) is 18.9 Å². The number of carboxylic acids is 1. The quantitative estimate of drug-likeness (QED) is 0.903. The number of benzene rings is 1. The average molecular weight is 329 g/mol. The Hall–Kier alpha value is -2.05. The van der Waals surface area contributed by atoms with Gasteiger partial charge in [-0.25, -0.2) is 0 Å². The fourth-order valence-corrected chi connectivity index (χ4v) is 2.69. The summed E-state index contributed by atoms with van der Waals surface area (Å²) in [5, 5.41) is 8.90. The Morgan fingerprint density at radius 2 is 2.04 bits per heavy atom. The highest BCUT2D eigenvalue weighted by atomic mass is 19.4. The number of likely N-dealkylation sites (tertiary alicyclic amines) is 1. The van der Waals surface area contributed by atoms with E-state index in [2.05, 4.69) is 0 Å². The number of hydrogen-bond acceptors (Lipinski definition) is 2. The summed E-state index contributed by atoms with van der Waals surface area (Å²) >= 11 is 0. The van der Waals surface area contributed by atoms with Crippen molar-refractivity contribution < 1.29 is 27.9 Å². The normalized spacial score (nSPS) is 18.2. The molecule has 23 heavy (non-hydrogen) atoms. The van der Waals surface area contributed by atoms with Gasteiger partial charge in [0, 0.05) is 19.5 Å². The van der Waals surface area contributed by atoms with Gasteiger partial charge in [0.05, 0.1) is 11.5 Å². The third kappa shape index (κ3) is 4.71. The second-order valence-corrected chi connectivity index (χ2v) is 5.72. The van der Waals surface area contributed by atoms with Gasteiger partial charge < -0.3 is 10.0 Å². The summed E-state index contributed by atoms with van der Waals surface area (Å²) in [4.78, 5) is 24.4. The van der Waals surface area contributed by atoms with Crippen molar-refractivity contribution in [1.29, 1.82) is 0 Å². The molecule has 1 atom stereocenters. The monoisotopic (exact) mass is 329 g/mol. The molecule has 4 nitrogen and oxygen atoms in total. The van der Waals surface area contributed by atoms with Crippen LogP contribution in [0.2, 0.25) is 0 Å². The molecule has 126 valence electrons. The lowest BCUT2D eigenvalue weighted by atomic mass is 10.0. The molecule has 1 amide bonds. The van der Waals surface area contributed by atoms with E-state index >= 15 is 0 Å². The molecular weight excluding hydrogens is 311 g/mol. The highest BCUT2D eigenvalue weighted by Gasteiger charge is 2.31. The van der Waals surface area contributed by atoms with E-state index in [1.165, 1.54) is 11.0 Å². The molecule has 0 aromatic heterocycles. The van der Waals surface area contributed by atoms with Gasteiger partial charge in [-0.05, 0) is 30.9 Å². The van der Waals surface area contributed by atoms with Crippen LogP contribution >= 0.6 is 0 Å². The van der Waals surface area contributed by atoms with Crippen molar-refractivity contribution in [3.63, 3.8) is 0 Å². The SMILES string of the molecule is O=C(O)C1CCN(C(=O)CCCc2cccc(C(F)(F)F)c2)C1. The zero-order valence-electron chi connectivity index (χ0n) is 12.5. The summed E-state index contributed by atoms with van der Waals surface area (Å²) < 4.78 is 37.8. The van der Waals surface area contributed by atoms with Crippen molar-refractivity contribution in [2.75, 3.05) is 13.1 Å². The first-order valence-corrected chi connectivity index (χ1v) is 7.44. The molecule has 7 heteroatoms. The third-order valence-corrected chi connectivity index (χ3v) is 4.00. The molecule has 1 fully saturated rings. The molecule has 1 unspecified atom stereocenters. The van der Waals surface area contributed by atoms with Gasteiger partial charge in [0.15, 0.2) is 0 Å². The zero-order valence-corrected chi connectivity index (χ0v) is 12.5. The maximum absolute atomic E-state index is 12.6. The van der Waals surface area contributed by atoms with Gasteiger partial charge in [0.2, 0.25) is 5.91 Å². The molecule has 1 aliphatic rings. The first kappa shape index (κ1) is 17.3. The fraction of sp³-hybridized carbons (Fsp3) is 0.500. The van der Waals surface area contributed by atoms with Gasteiger partial charge in [-0.15, -0.1) is 0 Å². The molecule has 1 N–H and O–H groups in total. The number of halogens is 3. The molecule has 0 spiro atoms. The molecule has 0 radical (unpaired) electrons. The number of hydrogen-bond donors (Lipinski definition) is 1. The second-order valence-electron chi connectivity index (χ2n) is 5.72. The smallest absolute Gasteiger partial charge is 0.416 e. The minimum absolute atomic E-state index is 0.138. The summed E-state index contributed by atoms with van der Waals surface area (Å²) in [6, 6.07) is 5.08. The van der Waals surface area contributed by atoms with Crippen molar-refractivity contribution in [2.24, 2.45) is 5.92 Å². The topological polar surface area (TPSA) is 57.6 Å². The summed E-state index contributed by atoms with van der Waals surface area (Å²) in [7, 11) is 0. The van der Waals surface area contributed by atoms with Crippen LogP contribution < -0.4 is 0 Å². The number of aliphatic carboxylic acids is 1. The molecule has 1 aliphatic heterocycles. The molecular formula is C16H18F3NO3. The Kier molecular flexibility index (Phi) is 5.28. The van der Waals surface area contributed by atoms with Crippen LogP contribution in [0, 0.1) is 5.92 Å². The number of rotatable bonds is 5. The number of nitrogens with zero attached hydrogens (tertiary/aromatic N) is 1. The van der Waals surface area contributed by atoms with Crippen LogP contribution in [-0.4, -0.2) is 35.0 Å². The van der Waals surface area contributed by atoms with Crippen LogP contribution in [0.5, 0.6) is 0 Å². The molecule has 0 bridgehead atoms. The fourth-order valence-electron chi connectivity index (χ4n) is 2.69. The van der Waals surface area contributed by atoms with E-state index in [1.54, 1.807) is 6.07 Å². The van der Waals surface area contributed by atoms with E-state index < -0.39 is 23.6 Å². The van der Waals surface area contributed by atoms with Crippen molar-refractivity contribution in [3.8, 4) is 0 Å². The van der Waals surface area contributed by atoms with Crippen molar-refractivity contribution in [2.45, 2.75) is 31.9 Å². The van der Waals surface area contributed by atoms with E-state index in [0.717, 1.165) is 12.1 Å². The van der Waals surface area contributed by atoms with Gasteiger partial charge in [0.25, 0.3) is 0 Å². The third-order valence-electron chi connectivity index (χ3n) is 4.00. The summed E-state index contributed by atoms with van der Waals surface area (Å²) in [5.41, 5.74) is -0.150.